The van der Waals surface area contributed by atoms with Crippen LogP contribution in [-0.2, 0) is 0 Å². The normalized spacial score (nSPS) is 11.4. The van der Waals surface area contributed by atoms with Crippen molar-refractivity contribution in [2.24, 2.45) is 0 Å². The SMILES string of the molecule is COc1cc(OC)nc(C(Sc2ccc(NC(=O)c3c(OC)cccc3OC)cc2)c2ccccc2)n1. The Morgan fingerprint density at radius 1 is 0.757 bits per heavy atom. The molecule has 0 saturated carbocycles. The number of carbonyl (C=O) groups is 1. The maximum atomic E-state index is 13.0. The zero-order valence-electron chi connectivity index (χ0n) is 20.9. The fourth-order valence-electron chi connectivity index (χ4n) is 3.67. The highest BCUT2D eigenvalue weighted by Gasteiger charge is 2.22. The molecule has 1 aromatic heterocycles. The number of anilines is 1. The smallest absolute Gasteiger partial charge is 0.263 e. The second kappa shape index (κ2) is 12.1. The van der Waals surface area contributed by atoms with E-state index in [-0.39, 0.29) is 11.2 Å². The first-order chi connectivity index (χ1) is 18.1. The van der Waals surface area contributed by atoms with E-state index in [1.54, 1.807) is 50.2 Å². The molecule has 1 atom stereocenters. The lowest BCUT2D eigenvalue weighted by Gasteiger charge is -2.17. The van der Waals surface area contributed by atoms with E-state index in [0.29, 0.717) is 40.3 Å². The average molecular weight is 518 g/mol. The molecule has 0 spiro atoms. The molecule has 3 aromatic carbocycles. The first-order valence-electron chi connectivity index (χ1n) is 11.4. The van der Waals surface area contributed by atoms with Crippen molar-refractivity contribution in [2.75, 3.05) is 33.8 Å². The van der Waals surface area contributed by atoms with E-state index in [2.05, 4.69) is 15.3 Å². The molecule has 190 valence electrons. The van der Waals surface area contributed by atoms with Gasteiger partial charge in [-0.2, -0.15) is 9.97 Å². The van der Waals surface area contributed by atoms with Crippen LogP contribution in [0.25, 0.3) is 0 Å². The minimum Gasteiger partial charge on any atom is -0.496 e. The van der Waals surface area contributed by atoms with Gasteiger partial charge in [0.2, 0.25) is 11.8 Å². The summed E-state index contributed by atoms with van der Waals surface area (Å²) in [5.41, 5.74) is 2.00. The monoisotopic (exact) mass is 517 g/mol. The number of rotatable bonds is 10. The van der Waals surface area contributed by atoms with Crippen molar-refractivity contribution in [1.82, 2.24) is 9.97 Å². The molecule has 0 saturated heterocycles. The molecule has 0 radical (unpaired) electrons. The van der Waals surface area contributed by atoms with Crippen molar-refractivity contribution in [3.63, 3.8) is 0 Å². The summed E-state index contributed by atoms with van der Waals surface area (Å²) >= 11 is 1.58. The Bertz CT molecular complexity index is 1310. The molecule has 1 unspecified atom stereocenters. The van der Waals surface area contributed by atoms with E-state index >= 15 is 0 Å². The van der Waals surface area contributed by atoms with Gasteiger partial charge >= 0.3 is 0 Å². The lowest BCUT2D eigenvalue weighted by molar-refractivity contribution is 0.102. The van der Waals surface area contributed by atoms with E-state index in [9.17, 15) is 4.79 Å². The standard InChI is InChI=1S/C28H27N3O5S/c1-33-21-11-8-12-22(34-2)25(21)28(32)29-19-13-15-20(16-14-19)37-26(18-9-6-5-7-10-18)27-30-23(35-3)17-24(31-27)36-4/h5-17,26H,1-4H3,(H,29,32). The van der Waals surface area contributed by atoms with Gasteiger partial charge in [-0.15, -0.1) is 11.8 Å². The first-order valence-corrected chi connectivity index (χ1v) is 12.2. The van der Waals surface area contributed by atoms with Gasteiger partial charge in [-0.1, -0.05) is 36.4 Å². The van der Waals surface area contributed by atoms with Gasteiger partial charge in [-0.25, -0.2) is 0 Å². The van der Waals surface area contributed by atoms with Crippen LogP contribution in [0.15, 0.2) is 83.8 Å². The molecule has 0 bridgehead atoms. The van der Waals surface area contributed by atoms with E-state index in [1.807, 2.05) is 54.6 Å². The summed E-state index contributed by atoms with van der Waals surface area (Å²) in [4.78, 5) is 23.1. The van der Waals surface area contributed by atoms with Crippen molar-refractivity contribution in [3.05, 3.63) is 95.8 Å². The van der Waals surface area contributed by atoms with Crippen molar-refractivity contribution in [3.8, 4) is 23.3 Å². The van der Waals surface area contributed by atoms with Crippen LogP contribution in [0.5, 0.6) is 23.3 Å². The number of nitrogens with zero attached hydrogens (tertiary/aromatic N) is 2. The zero-order chi connectivity index (χ0) is 26.2. The molecular weight excluding hydrogens is 490 g/mol. The second-order valence-corrected chi connectivity index (χ2v) is 8.91. The van der Waals surface area contributed by atoms with Crippen LogP contribution >= 0.6 is 11.8 Å². The minimum atomic E-state index is -0.325. The summed E-state index contributed by atoms with van der Waals surface area (Å²) in [5, 5.41) is 2.70. The summed E-state index contributed by atoms with van der Waals surface area (Å²) in [5.74, 6) is 1.95. The van der Waals surface area contributed by atoms with Crippen molar-refractivity contribution >= 4 is 23.4 Å². The number of aromatic nitrogens is 2. The van der Waals surface area contributed by atoms with Gasteiger partial charge in [-0.05, 0) is 42.0 Å². The topological polar surface area (TPSA) is 91.8 Å². The van der Waals surface area contributed by atoms with Gasteiger partial charge in [0.25, 0.3) is 5.91 Å². The molecule has 4 rings (SSSR count). The zero-order valence-corrected chi connectivity index (χ0v) is 21.7. The summed E-state index contributed by atoms with van der Waals surface area (Å²) in [6, 6.07) is 24.4. The predicted octanol–water partition coefficient (Wildman–Crippen LogP) is 5.65. The third-order valence-corrected chi connectivity index (χ3v) is 6.74. The number of amides is 1. The van der Waals surface area contributed by atoms with Crippen LogP contribution < -0.4 is 24.3 Å². The maximum absolute atomic E-state index is 13.0. The van der Waals surface area contributed by atoms with Gasteiger partial charge in [0.15, 0.2) is 5.82 Å². The number of benzene rings is 3. The molecule has 9 heteroatoms. The van der Waals surface area contributed by atoms with Gasteiger partial charge < -0.3 is 24.3 Å². The van der Waals surface area contributed by atoms with Crippen LogP contribution in [0.1, 0.15) is 27.0 Å². The van der Waals surface area contributed by atoms with E-state index < -0.39 is 0 Å². The number of thioether (sulfide) groups is 1. The van der Waals surface area contributed by atoms with Crippen molar-refractivity contribution < 1.29 is 23.7 Å². The molecule has 0 fully saturated rings. The number of hydrogen-bond acceptors (Lipinski definition) is 8. The van der Waals surface area contributed by atoms with E-state index in [4.69, 9.17) is 18.9 Å². The summed E-state index contributed by atoms with van der Waals surface area (Å²) < 4.78 is 21.4. The molecule has 0 aliphatic carbocycles. The Hall–Kier alpha value is -4.24. The Kier molecular flexibility index (Phi) is 8.48. The molecular formula is C28H27N3O5S. The minimum absolute atomic E-state index is 0.219. The van der Waals surface area contributed by atoms with Crippen molar-refractivity contribution in [2.45, 2.75) is 10.1 Å². The molecule has 4 aromatic rings. The van der Waals surface area contributed by atoms with Crippen LogP contribution in [0.3, 0.4) is 0 Å². The van der Waals surface area contributed by atoms with Crippen LogP contribution in [-0.4, -0.2) is 44.3 Å². The Morgan fingerprint density at radius 2 is 1.35 bits per heavy atom. The number of methoxy groups -OCH3 is 4. The predicted molar refractivity (Wildman–Crippen MR) is 143 cm³/mol. The number of ether oxygens (including phenoxy) is 4. The summed E-state index contributed by atoms with van der Waals surface area (Å²) in [7, 11) is 6.15. The van der Waals surface area contributed by atoms with Crippen molar-refractivity contribution in [1.29, 1.82) is 0 Å². The van der Waals surface area contributed by atoms with Gasteiger partial charge in [-0.3, -0.25) is 4.79 Å². The summed E-state index contributed by atoms with van der Waals surface area (Å²) in [6.45, 7) is 0. The Labute approximate surface area is 220 Å². The van der Waals surface area contributed by atoms with E-state index in [0.717, 1.165) is 10.5 Å². The summed E-state index contributed by atoms with van der Waals surface area (Å²) in [6.07, 6.45) is 0. The third kappa shape index (κ3) is 6.13. The molecule has 37 heavy (non-hydrogen) atoms. The number of carbonyl (C=O) groups excluding carboxylic acids is 1. The van der Waals surface area contributed by atoms with Gasteiger partial charge in [0, 0.05) is 10.6 Å². The van der Waals surface area contributed by atoms with Gasteiger partial charge in [0.05, 0.1) is 39.8 Å². The first kappa shape index (κ1) is 25.8. The fraction of sp³-hybridized carbons (Fsp3) is 0.179. The third-order valence-electron chi connectivity index (χ3n) is 5.47. The maximum Gasteiger partial charge on any atom is 0.263 e. The molecule has 1 amide bonds. The van der Waals surface area contributed by atoms with Crippen LogP contribution in [0.2, 0.25) is 0 Å². The highest BCUT2D eigenvalue weighted by molar-refractivity contribution is 7.99. The average Bonchev–Trinajstić information content (AvgIpc) is 2.96. The molecule has 8 nitrogen and oxygen atoms in total. The number of nitrogens with one attached hydrogen (secondary N) is 1. The van der Waals surface area contributed by atoms with Crippen LogP contribution in [0, 0.1) is 0 Å². The molecule has 0 aliphatic rings. The Morgan fingerprint density at radius 3 is 1.89 bits per heavy atom. The lowest BCUT2D eigenvalue weighted by Crippen LogP contribution is -2.14. The van der Waals surface area contributed by atoms with Crippen LogP contribution in [0.4, 0.5) is 5.69 Å². The molecule has 0 aliphatic heterocycles. The van der Waals surface area contributed by atoms with E-state index in [1.165, 1.54) is 14.2 Å². The highest BCUT2D eigenvalue weighted by atomic mass is 32.2. The molecule has 1 N–H and O–H groups in total. The Balaban J connectivity index is 1.58. The largest absolute Gasteiger partial charge is 0.496 e. The lowest BCUT2D eigenvalue weighted by atomic mass is 10.1. The number of hydrogen-bond donors (Lipinski definition) is 1. The fourth-order valence-corrected chi connectivity index (χ4v) is 4.74. The highest BCUT2D eigenvalue weighted by Crippen LogP contribution is 2.40. The molecule has 1 heterocycles. The quantitative estimate of drug-likeness (QED) is 0.270. The van der Waals surface area contributed by atoms with Gasteiger partial charge in [0.1, 0.15) is 17.1 Å². The second-order valence-electron chi connectivity index (χ2n) is 7.74.